The predicted molar refractivity (Wildman–Crippen MR) is 147 cm³/mol. The van der Waals surface area contributed by atoms with Crippen molar-refractivity contribution < 1.29 is 9.15 Å². The SMILES string of the molecule is CC(C)(C)c1ccc2c(c1)B1c3c(cccc3-c3cc4oc5ccccc5c4c4cccc1c34)O2. The summed E-state index contributed by atoms with van der Waals surface area (Å²) in [5.41, 5.74) is 9.61. The highest BCUT2D eigenvalue weighted by Gasteiger charge is 2.40. The highest BCUT2D eigenvalue weighted by Crippen LogP contribution is 2.42. The van der Waals surface area contributed by atoms with Crippen molar-refractivity contribution in [1.82, 2.24) is 0 Å². The minimum atomic E-state index is 0.0648. The molecule has 0 N–H and O–H groups in total. The van der Waals surface area contributed by atoms with Gasteiger partial charge in [0, 0.05) is 10.8 Å². The summed E-state index contributed by atoms with van der Waals surface area (Å²) in [5, 5.41) is 4.97. The van der Waals surface area contributed by atoms with Gasteiger partial charge >= 0.3 is 0 Å². The fourth-order valence-electron chi connectivity index (χ4n) is 6.28. The van der Waals surface area contributed by atoms with Crippen molar-refractivity contribution in [1.29, 1.82) is 0 Å². The van der Waals surface area contributed by atoms with E-state index in [1.807, 2.05) is 6.07 Å². The van der Waals surface area contributed by atoms with Crippen LogP contribution < -0.4 is 21.1 Å². The van der Waals surface area contributed by atoms with E-state index in [4.69, 9.17) is 9.15 Å². The first-order chi connectivity index (χ1) is 17.0. The third kappa shape index (κ3) is 2.45. The molecule has 2 aliphatic rings. The Morgan fingerprint density at radius 2 is 1.46 bits per heavy atom. The van der Waals surface area contributed by atoms with Crippen molar-refractivity contribution >= 4 is 55.8 Å². The molecule has 2 nitrogen and oxygen atoms in total. The number of benzene rings is 5. The largest absolute Gasteiger partial charge is 0.458 e. The van der Waals surface area contributed by atoms with Crippen LogP contribution in [0.5, 0.6) is 11.5 Å². The lowest BCUT2D eigenvalue weighted by Gasteiger charge is -2.34. The summed E-state index contributed by atoms with van der Waals surface area (Å²) < 4.78 is 12.9. The molecule has 6 aromatic rings. The summed E-state index contributed by atoms with van der Waals surface area (Å²) in [6.07, 6.45) is 0. The van der Waals surface area contributed by atoms with E-state index in [2.05, 4.69) is 99.6 Å². The van der Waals surface area contributed by atoms with Crippen molar-refractivity contribution in [3.8, 4) is 22.6 Å². The molecule has 3 heterocycles. The van der Waals surface area contributed by atoms with Crippen LogP contribution >= 0.6 is 0 Å². The standard InChI is InChI=1S/C32H23BO2/c1-32(2,3)18-14-15-26-24(16-18)33-23-11-6-10-21-29(23)22(19-9-7-13-27(35-26)31(19)33)17-28-30(21)20-8-4-5-12-25(20)34-28/h4-17H,1-3H3. The van der Waals surface area contributed by atoms with E-state index in [0.717, 1.165) is 22.7 Å². The average molecular weight is 450 g/mol. The van der Waals surface area contributed by atoms with Gasteiger partial charge in [-0.2, -0.15) is 0 Å². The van der Waals surface area contributed by atoms with E-state index in [1.165, 1.54) is 54.6 Å². The molecule has 0 unspecified atom stereocenters. The van der Waals surface area contributed by atoms with Crippen LogP contribution in [0.3, 0.4) is 0 Å². The molecule has 0 saturated carbocycles. The molecular formula is C32H23BO2. The lowest BCUT2D eigenvalue weighted by Crippen LogP contribution is -2.57. The molecular weight excluding hydrogens is 427 g/mol. The highest BCUT2D eigenvalue weighted by atomic mass is 16.5. The fraction of sp³-hybridized carbons (Fsp3) is 0.125. The zero-order chi connectivity index (χ0) is 23.5. The first-order valence-corrected chi connectivity index (χ1v) is 12.3. The van der Waals surface area contributed by atoms with E-state index in [9.17, 15) is 0 Å². The van der Waals surface area contributed by atoms with Gasteiger partial charge in [-0.15, -0.1) is 0 Å². The molecule has 0 radical (unpaired) electrons. The van der Waals surface area contributed by atoms with Crippen LogP contribution in [-0.4, -0.2) is 6.71 Å². The smallest absolute Gasteiger partial charge is 0.252 e. The molecule has 0 fully saturated rings. The normalized spacial score (nSPS) is 13.7. The van der Waals surface area contributed by atoms with Gasteiger partial charge in [-0.3, -0.25) is 0 Å². The van der Waals surface area contributed by atoms with Crippen LogP contribution in [0.25, 0.3) is 43.8 Å². The molecule has 0 aliphatic carbocycles. The van der Waals surface area contributed by atoms with Crippen molar-refractivity contribution in [3.63, 3.8) is 0 Å². The maximum absolute atomic E-state index is 6.51. The lowest BCUT2D eigenvalue weighted by molar-refractivity contribution is 0.486. The van der Waals surface area contributed by atoms with Gasteiger partial charge < -0.3 is 9.15 Å². The van der Waals surface area contributed by atoms with E-state index in [0.29, 0.717) is 0 Å². The van der Waals surface area contributed by atoms with Crippen molar-refractivity contribution in [2.24, 2.45) is 0 Å². The second kappa shape index (κ2) is 6.37. The monoisotopic (exact) mass is 450 g/mol. The molecule has 2 aliphatic heterocycles. The first kappa shape index (κ1) is 19.3. The number of hydrogen-bond acceptors (Lipinski definition) is 2. The Labute approximate surface area is 204 Å². The lowest BCUT2D eigenvalue weighted by atomic mass is 9.32. The number of hydrogen-bond donors (Lipinski definition) is 0. The maximum atomic E-state index is 6.51. The number of ether oxygens (including phenoxy) is 1. The van der Waals surface area contributed by atoms with Gasteiger partial charge in [-0.25, -0.2) is 0 Å². The van der Waals surface area contributed by atoms with Gasteiger partial charge in [0.15, 0.2) is 0 Å². The summed E-state index contributed by atoms with van der Waals surface area (Å²) in [7, 11) is 0. The Morgan fingerprint density at radius 1 is 0.629 bits per heavy atom. The minimum Gasteiger partial charge on any atom is -0.458 e. The van der Waals surface area contributed by atoms with Gasteiger partial charge in [0.2, 0.25) is 0 Å². The molecule has 35 heavy (non-hydrogen) atoms. The highest BCUT2D eigenvalue weighted by molar-refractivity contribution is 7.00. The average Bonchev–Trinajstić information content (AvgIpc) is 3.24. The van der Waals surface area contributed by atoms with Gasteiger partial charge in [-0.1, -0.05) is 86.9 Å². The van der Waals surface area contributed by atoms with Crippen LogP contribution in [0.2, 0.25) is 0 Å². The fourth-order valence-corrected chi connectivity index (χ4v) is 6.28. The molecule has 5 aromatic carbocycles. The predicted octanol–water partition coefficient (Wildman–Crippen LogP) is 6.64. The molecule has 0 amide bonds. The van der Waals surface area contributed by atoms with E-state index < -0.39 is 0 Å². The molecule has 1 aromatic heterocycles. The maximum Gasteiger partial charge on any atom is 0.252 e. The molecule has 0 bridgehead atoms. The minimum absolute atomic E-state index is 0.0648. The van der Waals surface area contributed by atoms with Gasteiger partial charge in [-0.05, 0) is 68.1 Å². The molecule has 0 spiro atoms. The van der Waals surface area contributed by atoms with Gasteiger partial charge in [0.05, 0.1) is 0 Å². The number of rotatable bonds is 0. The number of para-hydroxylation sites is 1. The molecule has 0 saturated heterocycles. The summed E-state index contributed by atoms with van der Waals surface area (Å²) in [6.45, 7) is 6.96. The van der Waals surface area contributed by atoms with Crippen molar-refractivity contribution in [3.05, 3.63) is 90.5 Å². The van der Waals surface area contributed by atoms with Crippen LogP contribution in [-0.2, 0) is 5.41 Å². The van der Waals surface area contributed by atoms with E-state index >= 15 is 0 Å². The molecule has 0 atom stereocenters. The Bertz CT molecular complexity index is 1870. The zero-order valence-corrected chi connectivity index (χ0v) is 20.0. The zero-order valence-electron chi connectivity index (χ0n) is 20.0. The summed E-state index contributed by atoms with van der Waals surface area (Å²) >= 11 is 0. The van der Waals surface area contributed by atoms with Crippen LogP contribution in [0, 0.1) is 0 Å². The molecule has 8 rings (SSSR count). The van der Waals surface area contributed by atoms with Gasteiger partial charge in [0.1, 0.15) is 22.7 Å². The number of fused-ring (bicyclic) bond motifs is 8. The van der Waals surface area contributed by atoms with Crippen LogP contribution in [0.15, 0.2) is 89.3 Å². The summed E-state index contributed by atoms with van der Waals surface area (Å²) in [4.78, 5) is 0. The Balaban J connectivity index is 1.55. The summed E-state index contributed by atoms with van der Waals surface area (Å²) in [6, 6.07) is 30.6. The summed E-state index contributed by atoms with van der Waals surface area (Å²) in [5.74, 6) is 1.92. The Morgan fingerprint density at radius 3 is 2.34 bits per heavy atom. The van der Waals surface area contributed by atoms with Crippen molar-refractivity contribution in [2.75, 3.05) is 0 Å². The number of furan rings is 1. The van der Waals surface area contributed by atoms with E-state index in [1.54, 1.807) is 0 Å². The first-order valence-electron chi connectivity index (χ1n) is 12.3. The quantitative estimate of drug-likeness (QED) is 0.242. The molecule has 3 heteroatoms. The van der Waals surface area contributed by atoms with Crippen LogP contribution in [0.1, 0.15) is 26.3 Å². The third-order valence-corrected chi connectivity index (χ3v) is 7.90. The Hall–Kier alpha value is -3.98. The molecule has 166 valence electrons. The topological polar surface area (TPSA) is 22.4 Å². The van der Waals surface area contributed by atoms with Crippen molar-refractivity contribution in [2.45, 2.75) is 26.2 Å². The second-order valence-corrected chi connectivity index (χ2v) is 10.9. The third-order valence-electron chi connectivity index (χ3n) is 7.90. The van der Waals surface area contributed by atoms with E-state index in [-0.39, 0.29) is 12.1 Å². The second-order valence-electron chi connectivity index (χ2n) is 10.9. The Kier molecular flexibility index (Phi) is 3.52. The van der Waals surface area contributed by atoms with Crippen LogP contribution in [0.4, 0.5) is 0 Å². The van der Waals surface area contributed by atoms with Gasteiger partial charge in [0.25, 0.3) is 6.71 Å².